The van der Waals surface area contributed by atoms with Gasteiger partial charge in [-0.2, -0.15) is 0 Å². The maximum absolute atomic E-state index is 5.99. The predicted octanol–water partition coefficient (Wildman–Crippen LogP) is 5.84. The summed E-state index contributed by atoms with van der Waals surface area (Å²) in [5.41, 5.74) is 4.56. The van der Waals surface area contributed by atoms with Crippen LogP contribution in [0.1, 0.15) is 5.56 Å². The van der Waals surface area contributed by atoms with Gasteiger partial charge in [0.05, 0.1) is 0 Å². The van der Waals surface area contributed by atoms with Crippen molar-refractivity contribution < 1.29 is 14.2 Å². The molecule has 0 saturated heterocycles. The van der Waals surface area contributed by atoms with Gasteiger partial charge in [0.15, 0.2) is 6.73 Å². The minimum Gasteiger partial charge on any atom is -0.490 e. The lowest BCUT2D eigenvalue weighted by Crippen LogP contribution is -2.31. The quantitative estimate of drug-likeness (QED) is 0.445. The fourth-order valence-electron chi connectivity index (χ4n) is 3.40. The highest BCUT2D eigenvalue weighted by Gasteiger charge is 2.18. The molecule has 30 heavy (non-hydrogen) atoms. The molecule has 1 aliphatic rings. The van der Waals surface area contributed by atoms with Gasteiger partial charge in [0.25, 0.3) is 0 Å². The molecule has 1 heterocycles. The third-order valence-electron chi connectivity index (χ3n) is 4.92. The van der Waals surface area contributed by atoms with Gasteiger partial charge in [-0.1, -0.05) is 43.5 Å². The number of hydrogen-bond acceptors (Lipinski definition) is 4. The third-order valence-corrected chi connectivity index (χ3v) is 4.92. The van der Waals surface area contributed by atoms with E-state index in [9.17, 15) is 0 Å². The Bertz CT molecular complexity index is 1010. The second-order valence-corrected chi connectivity index (χ2v) is 7.01. The SMILES string of the molecule is C=CCOc1ccc(-c2ccc3c(c2)CN(c2ccc(OCC=C)cc2)CO3)cc1. The summed E-state index contributed by atoms with van der Waals surface area (Å²) in [5.74, 6) is 2.61. The highest BCUT2D eigenvalue weighted by atomic mass is 16.5. The van der Waals surface area contributed by atoms with Crippen molar-refractivity contribution >= 4 is 5.69 Å². The van der Waals surface area contributed by atoms with Crippen LogP contribution in [0.25, 0.3) is 11.1 Å². The summed E-state index contributed by atoms with van der Waals surface area (Å²) in [7, 11) is 0. The van der Waals surface area contributed by atoms with Crippen molar-refractivity contribution in [2.24, 2.45) is 0 Å². The van der Waals surface area contributed by atoms with Crippen LogP contribution in [0.15, 0.2) is 92.0 Å². The standard InChI is InChI=1S/C26H25NO3/c1-3-15-28-24-10-5-20(6-11-24)21-7-14-26-22(17-21)18-27(19-30-26)23-8-12-25(13-9-23)29-16-4-2/h3-14,17H,1-2,15-16,18-19H2. The highest BCUT2D eigenvalue weighted by molar-refractivity contribution is 5.67. The number of benzene rings is 3. The first-order valence-corrected chi connectivity index (χ1v) is 9.95. The van der Waals surface area contributed by atoms with Gasteiger partial charge in [-0.05, 0) is 59.7 Å². The Balaban J connectivity index is 1.49. The van der Waals surface area contributed by atoms with Crippen LogP contribution in [-0.4, -0.2) is 19.9 Å². The van der Waals surface area contributed by atoms with Crippen molar-refractivity contribution in [1.29, 1.82) is 0 Å². The van der Waals surface area contributed by atoms with Crippen LogP contribution in [0, 0.1) is 0 Å². The molecule has 0 aromatic heterocycles. The van der Waals surface area contributed by atoms with Gasteiger partial charge in [0, 0.05) is 17.8 Å². The molecule has 0 saturated carbocycles. The molecule has 3 aromatic carbocycles. The topological polar surface area (TPSA) is 30.9 Å². The first-order valence-electron chi connectivity index (χ1n) is 9.95. The molecular formula is C26H25NO3. The number of ether oxygens (including phenoxy) is 3. The molecule has 4 nitrogen and oxygen atoms in total. The van der Waals surface area contributed by atoms with Crippen LogP contribution in [0.4, 0.5) is 5.69 Å². The second-order valence-electron chi connectivity index (χ2n) is 7.01. The molecule has 3 aromatic rings. The number of fused-ring (bicyclic) bond motifs is 1. The van der Waals surface area contributed by atoms with Gasteiger partial charge in [-0.15, -0.1) is 0 Å². The van der Waals surface area contributed by atoms with Crippen LogP contribution in [0.2, 0.25) is 0 Å². The summed E-state index contributed by atoms with van der Waals surface area (Å²) in [6, 6.07) is 22.5. The van der Waals surface area contributed by atoms with E-state index in [0.717, 1.165) is 46.2 Å². The molecule has 0 unspecified atom stereocenters. The summed E-state index contributed by atoms with van der Waals surface area (Å²) in [5, 5.41) is 0. The van der Waals surface area contributed by atoms with Gasteiger partial charge in [-0.25, -0.2) is 0 Å². The second kappa shape index (κ2) is 9.23. The molecule has 4 rings (SSSR count). The van der Waals surface area contributed by atoms with Gasteiger partial charge in [0.2, 0.25) is 0 Å². The van der Waals surface area contributed by atoms with Crippen molar-refractivity contribution in [3.05, 3.63) is 97.6 Å². The fourth-order valence-corrected chi connectivity index (χ4v) is 3.40. The molecule has 0 fully saturated rings. The average molecular weight is 399 g/mol. The number of nitrogens with zero attached hydrogens (tertiary/aromatic N) is 1. The largest absolute Gasteiger partial charge is 0.490 e. The van der Waals surface area contributed by atoms with E-state index in [1.54, 1.807) is 12.2 Å². The molecular weight excluding hydrogens is 374 g/mol. The van der Waals surface area contributed by atoms with E-state index in [2.05, 4.69) is 60.5 Å². The van der Waals surface area contributed by atoms with Crippen molar-refractivity contribution in [1.82, 2.24) is 0 Å². The third kappa shape index (κ3) is 4.49. The zero-order valence-electron chi connectivity index (χ0n) is 16.9. The first-order chi connectivity index (χ1) is 14.8. The van der Waals surface area contributed by atoms with E-state index in [4.69, 9.17) is 14.2 Å². The Labute approximate surface area is 177 Å². The zero-order chi connectivity index (χ0) is 20.8. The number of rotatable bonds is 8. The Morgan fingerprint density at radius 2 is 1.40 bits per heavy atom. The van der Waals surface area contributed by atoms with E-state index >= 15 is 0 Å². The Hall–Kier alpha value is -3.66. The molecule has 0 atom stereocenters. The lowest BCUT2D eigenvalue weighted by atomic mass is 10.0. The first kappa shape index (κ1) is 19.6. The molecule has 4 heteroatoms. The van der Waals surface area contributed by atoms with E-state index in [1.165, 1.54) is 0 Å². The molecule has 0 spiro atoms. The minimum absolute atomic E-state index is 0.504. The van der Waals surface area contributed by atoms with E-state index in [1.807, 2.05) is 24.3 Å². The minimum atomic E-state index is 0.504. The fraction of sp³-hybridized carbons (Fsp3) is 0.154. The molecule has 152 valence electrons. The smallest absolute Gasteiger partial charge is 0.161 e. The lowest BCUT2D eigenvalue weighted by Gasteiger charge is -2.31. The Kier molecular flexibility index (Phi) is 6.04. The average Bonchev–Trinajstić information content (AvgIpc) is 2.81. The lowest BCUT2D eigenvalue weighted by molar-refractivity contribution is 0.289. The molecule has 0 radical (unpaired) electrons. The van der Waals surface area contributed by atoms with Gasteiger partial charge < -0.3 is 19.1 Å². The highest BCUT2D eigenvalue weighted by Crippen LogP contribution is 2.33. The molecule has 0 aliphatic carbocycles. The normalized spacial score (nSPS) is 12.5. The van der Waals surface area contributed by atoms with Crippen LogP contribution in [0.3, 0.4) is 0 Å². The Morgan fingerprint density at radius 1 is 0.800 bits per heavy atom. The van der Waals surface area contributed by atoms with E-state index in [0.29, 0.717) is 19.9 Å². The monoisotopic (exact) mass is 399 g/mol. The summed E-state index contributed by atoms with van der Waals surface area (Å²) in [4.78, 5) is 2.20. The molecule has 0 bridgehead atoms. The zero-order valence-corrected chi connectivity index (χ0v) is 16.9. The summed E-state index contributed by atoms with van der Waals surface area (Å²) in [6.45, 7) is 9.67. The van der Waals surface area contributed by atoms with E-state index < -0.39 is 0 Å². The van der Waals surface area contributed by atoms with Crippen LogP contribution in [-0.2, 0) is 6.54 Å². The molecule has 0 N–H and O–H groups in total. The molecule has 0 amide bonds. The molecule has 1 aliphatic heterocycles. The van der Waals surface area contributed by atoms with Crippen LogP contribution < -0.4 is 19.1 Å². The van der Waals surface area contributed by atoms with Crippen molar-refractivity contribution in [3.63, 3.8) is 0 Å². The van der Waals surface area contributed by atoms with E-state index in [-0.39, 0.29) is 0 Å². The Morgan fingerprint density at radius 3 is 2.03 bits per heavy atom. The summed E-state index contributed by atoms with van der Waals surface area (Å²) >= 11 is 0. The van der Waals surface area contributed by atoms with Crippen LogP contribution >= 0.6 is 0 Å². The summed E-state index contributed by atoms with van der Waals surface area (Å²) in [6.07, 6.45) is 3.48. The van der Waals surface area contributed by atoms with Crippen molar-refractivity contribution in [3.8, 4) is 28.4 Å². The maximum atomic E-state index is 5.99. The number of anilines is 1. The van der Waals surface area contributed by atoms with Gasteiger partial charge >= 0.3 is 0 Å². The van der Waals surface area contributed by atoms with Crippen molar-refractivity contribution in [2.75, 3.05) is 24.8 Å². The van der Waals surface area contributed by atoms with Crippen LogP contribution in [0.5, 0.6) is 17.2 Å². The maximum Gasteiger partial charge on any atom is 0.161 e. The van der Waals surface area contributed by atoms with Crippen molar-refractivity contribution in [2.45, 2.75) is 6.54 Å². The van der Waals surface area contributed by atoms with Gasteiger partial charge in [0.1, 0.15) is 30.5 Å². The number of hydrogen-bond donors (Lipinski definition) is 0. The predicted molar refractivity (Wildman–Crippen MR) is 121 cm³/mol. The van der Waals surface area contributed by atoms with Gasteiger partial charge in [-0.3, -0.25) is 0 Å². The summed E-state index contributed by atoms with van der Waals surface area (Å²) < 4.78 is 17.1.